The summed E-state index contributed by atoms with van der Waals surface area (Å²) in [7, 11) is 0.458. The average molecular weight is 338 g/mol. The number of rotatable bonds is 6. The highest BCUT2D eigenvalue weighted by Crippen LogP contribution is 2.47. The van der Waals surface area contributed by atoms with Gasteiger partial charge in [0.15, 0.2) is 6.29 Å². The van der Waals surface area contributed by atoms with Crippen molar-refractivity contribution in [1.82, 2.24) is 0 Å². The van der Waals surface area contributed by atoms with E-state index in [2.05, 4.69) is 0 Å². The zero-order valence-corrected chi connectivity index (χ0v) is 14.6. The van der Waals surface area contributed by atoms with E-state index in [1.54, 1.807) is 7.11 Å². The van der Waals surface area contributed by atoms with Crippen molar-refractivity contribution >= 4 is 10.8 Å². The lowest BCUT2D eigenvalue weighted by Crippen LogP contribution is -2.39. The van der Waals surface area contributed by atoms with E-state index in [1.807, 2.05) is 37.3 Å². The maximum Gasteiger partial charge on any atom is 0.157 e. The fourth-order valence-electron chi connectivity index (χ4n) is 4.12. The number of aliphatic hydroxyl groups excluding tert-OH is 1. The first kappa shape index (κ1) is 17.1. The van der Waals surface area contributed by atoms with E-state index in [0.717, 1.165) is 24.2 Å². The van der Waals surface area contributed by atoms with E-state index < -0.39 is 16.9 Å². The van der Waals surface area contributed by atoms with Crippen molar-refractivity contribution in [2.45, 2.75) is 61.3 Å². The predicted molar refractivity (Wildman–Crippen MR) is 89.4 cm³/mol. The van der Waals surface area contributed by atoms with Gasteiger partial charge in [0.05, 0.1) is 28.3 Å². The first-order valence-corrected chi connectivity index (χ1v) is 9.69. The second-order valence-corrected chi connectivity index (χ2v) is 8.14. The van der Waals surface area contributed by atoms with Crippen molar-refractivity contribution in [3.05, 3.63) is 30.3 Å². The number of ether oxygens (including phenoxy) is 2. The summed E-state index contributed by atoms with van der Waals surface area (Å²) in [6.45, 7) is 1.95. The minimum atomic E-state index is -1.21. The Balaban J connectivity index is 1.84. The van der Waals surface area contributed by atoms with E-state index in [0.29, 0.717) is 12.3 Å². The summed E-state index contributed by atoms with van der Waals surface area (Å²) in [6.07, 6.45) is 2.86. The van der Waals surface area contributed by atoms with Crippen LogP contribution in [-0.4, -0.2) is 40.2 Å². The summed E-state index contributed by atoms with van der Waals surface area (Å²) in [5, 5.41) is 10.3. The first-order valence-electron chi connectivity index (χ1n) is 8.47. The van der Waals surface area contributed by atoms with Gasteiger partial charge < -0.3 is 14.6 Å². The van der Waals surface area contributed by atoms with Crippen LogP contribution in [-0.2, 0) is 20.3 Å². The van der Waals surface area contributed by atoms with Gasteiger partial charge >= 0.3 is 0 Å². The smallest absolute Gasteiger partial charge is 0.157 e. The maximum absolute atomic E-state index is 13.2. The van der Waals surface area contributed by atoms with Crippen LogP contribution in [0.2, 0.25) is 0 Å². The largest absolute Gasteiger partial charge is 0.392 e. The fourth-order valence-corrected chi connectivity index (χ4v) is 5.99. The van der Waals surface area contributed by atoms with Crippen molar-refractivity contribution in [3.8, 4) is 0 Å². The Bertz CT molecular complexity index is 535. The van der Waals surface area contributed by atoms with E-state index in [9.17, 15) is 9.32 Å². The molecule has 1 aliphatic carbocycles. The van der Waals surface area contributed by atoms with Gasteiger partial charge in [0.1, 0.15) is 0 Å². The molecule has 1 saturated heterocycles. The second kappa shape index (κ2) is 7.43. The summed E-state index contributed by atoms with van der Waals surface area (Å²) >= 11 is 0. The lowest BCUT2D eigenvalue weighted by molar-refractivity contribution is -0.114. The summed E-state index contributed by atoms with van der Waals surface area (Å²) in [5.74, 6) is 0.551. The van der Waals surface area contributed by atoms with E-state index in [1.165, 1.54) is 0 Å². The molecule has 2 aliphatic rings. The van der Waals surface area contributed by atoms with Crippen molar-refractivity contribution in [2.75, 3.05) is 7.11 Å². The van der Waals surface area contributed by atoms with Gasteiger partial charge in [-0.05, 0) is 43.2 Å². The number of hydrogen-bond acceptors (Lipinski definition) is 4. The minimum absolute atomic E-state index is 0.155. The van der Waals surface area contributed by atoms with E-state index in [-0.39, 0.29) is 23.6 Å². The van der Waals surface area contributed by atoms with Crippen LogP contribution in [0.25, 0.3) is 0 Å². The van der Waals surface area contributed by atoms with Crippen LogP contribution in [0.1, 0.15) is 32.6 Å². The van der Waals surface area contributed by atoms with Crippen molar-refractivity contribution in [1.29, 1.82) is 0 Å². The zero-order chi connectivity index (χ0) is 16.4. The van der Waals surface area contributed by atoms with Gasteiger partial charge in [0.2, 0.25) is 0 Å². The van der Waals surface area contributed by atoms with Gasteiger partial charge in [0, 0.05) is 18.4 Å². The SMILES string of the molecule is CCC(O)C(C1CC[C@H]2OC(OC)C[C@@H]12)S(=O)c1ccccc1. The molecule has 5 heteroatoms. The number of hydrogen-bond donors (Lipinski definition) is 1. The van der Waals surface area contributed by atoms with Gasteiger partial charge in [-0.3, -0.25) is 4.21 Å². The third kappa shape index (κ3) is 3.38. The van der Waals surface area contributed by atoms with Crippen LogP contribution in [0.4, 0.5) is 0 Å². The summed E-state index contributed by atoms with van der Waals surface area (Å²) in [5.41, 5.74) is 0. The molecule has 1 heterocycles. The zero-order valence-electron chi connectivity index (χ0n) is 13.8. The Kier molecular flexibility index (Phi) is 5.52. The molecule has 3 rings (SSSR count). The standard InChI is InChI=1S/C18H26O4S/c1-3-15(19)18(23(20)12-7-5-4-6-8-12)13-9-10-16-14(13)11-17(21-2)22-16/h4-8,13-19H,3,9-11H2,1-2H3/t13?,14-,15?,16+,17?,18?,23?/m0/s1. The Labute approximate surface area is 140 Å². The Morgan fingerprint density at radius 1 is 1.35 bits per heavy atom. The second-order valence-electron chi connectivity index (χ2n) is 6.53. The topological polar surface area (TPSA) is 55.8 Å². The molecule has 4 nitrogen and oxygen atoms in total. The highest BCUT2D eigenvalue weighted by Gasteiger charge is 2.50. The van der Waals surface area contributed by atoms with Crippen LogP contribution < -0.4 is 0 Å². The monoisotopic (exact) mass is 338 g/mol. The molecule has 1 saturated carbocycles. The molecular formula is C18H26O4S. The Hall–Kier alpha value is -0.750. The Morgan fingerprint density at radius 2 is 2.09 bits per heavy atom. The van der Waals surface area contributed by atoms with Crippen LogP contribution in [0, 0.1) is 11.8 Å². The molecule has 0 amide bonds. The third-order valence-corrected chi connectivity index (χ3v) is 7.20. The van der Waals surface area contributed by atoms with Gasteiger partial charge in [-0.2, -0.15) is 0 Å². The van der Waals surface area contributed by atoms with Gasteiger partial charge in [-0.15, -0.1) is 0 Å². The van der Waals surface area contributed by atoms with Crippen LogP contribution in [0.15, 0.2) is 35.2 Å². The summed E-state index contributed by atoms with van der Waals surface area (Å²) in [6, 6.07) is 9.51. The van der Waals surface area contributed by atoms with E-state index >= 15 is 0 Å². The predicted octanol–water partition coefficient (Wildman–Crippen LogP) is 2.72. The van der Waals surface area contributed by atoms with E-state index in [4.69, 9.17) is 9.47 Å². The number of methoxy groups -OCH3 is 1. The Morgan fingerprint density at radius 3 is 2.74 bits per heavy atom. The summed E-state index contributed by atoms with van der Waals surface area (Å²) < 4.78 is 24.4. The molecule has 0 aromatic heterocycles. The first-order chi connectivity index (χ1) is 11.2. The number of fused-ring (bicyclic) bond motifs is 1. The fraction of sp³-hybridized carbons (Fsp3) is 0.667. The van der Waals surface area contributed by atoms with Gasteiger partial charge in [0.25, 0.3) is 0 Å². The molecule has 0 spiro atoms. The number of benzene rings is 1. The van der Waals surface area contributed by atoms with Crippen molar-refractivity contribution < 1.29 is 18.8 Å². The molecule has 2 fully saturated rings. The lowest BCUT2D eigenvalue weighted by Gasteiger charge is -2.30. The van der Waals surface area contributed by atoms with Gasteiger partial charge in [-0.25, -0.2) is 0 Å². The van der Waals surface area contributed by atoms with Crippen molar-refractivity contribution in [2.24, 2.45) is 11.8 Å². The van der Waals surface area contributed by atoms with Crippen molar-refractivity contribution in [3.63, 3.8) is 0 Å². The third-order valence-electron chi connectivity index (χ3n) is 5.31. The highest BCUT2D eigenvalue weighted by atomic mass is 32.2. The van der Waals surface area contributed by atoms with Crippen LogP contribution >= 0.6 is 0 Å². The number of aliphatic hydroxyl groups is 1. The molecule has 5 unspecified atom stereocenters. The minimum Gasteiger partial charge on any atom is -0.392 e. The molecule has 23 heavy (non-hydrogen) atoms. The normalized spacial score (nSPS) is 34.0. The summed E-state index contributed by atoms with van der Waals surface area (Å²) in [4.78, 5) is 0.802. The molecule has 1 aromatic carbocycles. The molecule has 0 radical (unpaired) electrons. The average Bonchev–Trinajstić information content (AvgIpc) is 3.16. The molecular weight excluding hydrogens is 312 g/mol. The lowest BCUT2D eigenvalue weighted by atomic mass is 9.87. The quantitative estimate of drug-likeness (QED) is 0.866. The molecule has 1 aromatic rings. The van der Waals surface area contributed by atoms with Crippen LogP contribution in [0.3, 0.4) is 0 Å². The molecule has 128 valence electrons. The molecule has 1 aliphatic heterocycles. The molecule has 1 N–H and O–H groups in total. The molecule has 7 atom stereocenters. The van der Waals surface area contributed by atoms with Gasteiger partial charge in [-0.1, -0.05) is 25.1 Å². The van der Waals surface area contributed by atoms with Crippen LogP contribution in [0.5, 0.6) is 0 Å². The maximum atomic E-state index is 13.2. The molecule has 0 bridgehead atoms. The highest BCUT2D eigenvalue weighted by molar-refractivity contribution is 7.85.